The highest BCUT2D eigenvalue weighted by atomic mass is 19.4. The van der Waals surface area contributed by atoms with Crippen LogP contribution < -0.4 is 0 Å². The lowest BCUT2D eigenvalue weighted by Crippen LogP contribution is -2.54. The van der Waals surface area contributed by atoms with Crippen molar-refractivity contribution >= 4 is 12.0 Å². The van der Waals surface area contributed by atoms with Gasteiger partial charge in [-0.15, -0.1) is 0 Å². The summed E-state index contributed by atoms with van der Waals surface area (Å²) in [5.41, 5.74) is -0.287. The van der Waals surface area contributed by atoms with Crippen LogP contribution >= 0.6 is 0 Å². The topological polar surface area (TPSA) is 49.9 Å². The fourth-order valence-corrected chi connectivity index (χ4v) is 5.98. The van der Waals surface area contributed by atoms with Crippen molar-refractivity contribution in [1.82, 2.24) is 9.80 Å². The molecule has 206 valence electrons. The highest BCUT2D eigenvalue weighted by Gasteiger charge is 2.48. The molecule has 2 amide bonds. The number of nitrogens with zero attached hydrogens (tertiary/aromatic N) is 2. The predicted octanol–water partition coefficient (Wildman–Crippen LogP) is 6.84. The first kappa shape index (κ1) is 28.0. The molecule has 4 rings (SSSR count). The van der Waals surface area contributed by atoms with Crippen LogP contribution in [0.15, 0.2) is 54.6 Å². The van der Waals surface area contributed by atoms with Crippen molar-refractivity contribution in [2.24, 2.45) is 5.41 Å². The van der Waals surface area contributed by atoms with Crippen LogP contribution in [0.25, 0.3) is 0 Å². The van der Waals surface area contributed by atoms with E-state index in [2.05, 4.69) is 12.1 Å². The maximum absolute atomic E-state index is 13.6. The molecule has 0 N–H and O–H groups in total. The summed E-state index contributed by atoms with van der Waals surface area (Å²) in [6, 6.07) is 15.4. The van der Waals surface area contributed by atoms with Crippen molar-refractivity contribution in [3.05, 3.63) is 71.3 Å². The number of hydrogen-bond acceptors (Lipinski definition) is 3. The number of alkyl halides is 3. The Balaban J connectivity index is 1.51. The van der Waals surface area contributed by atoms with Crippen LogP contribution in [0, 0.1) is 5.41 Å². The Morgan fingerprint density at radius 2 is 1.45 bits per heavy atom. The Morgan fingerprint density at radius 3 is 2.03 bits per heavy atom. The molecule has 38 heavy (non-hydrogen) atoms. The number of hydrogen-bond donors (Lipinski definition) is 0. The summed E-state index contributed by atoms with van der Waals surface area (Å²) in [6.07, 6.45) is -2.59. The highest BCUT2D eigenvalue weighted by Crippen LogP contribution is 2.50. The molecular formula is C30H37F3N2O3. The van der Waals surface area contributed by atoms with Gasteiger partial charge in [0.05, 0.1) is 11.5 Å². The molecule has 1 spiro atoms. The summed E-state index contributed by atoms with van der Waals surface area (Å²) < 4.78 is 46.4. The molecule has 2 aliphatic rings. The molecule has 0 aromatic heterocycles. The van der Waals surface area contributed by atoms with Gasteiger partial charge in [-0.1, -0.05) is 48.5 Å². The Morgan fingerprint density at radius 1 is 0.895 bits per heavy atom. The molecule has 0 aliphatic carbocycles. The zero-order chi connectivity index (χ0) is 27.7. The molecule has 2 saturated heterocycles. The molecule has 2 aromatic rings. The van der Waals surface area contributed by atoms with Crippen molar-refractivity contribution < 1.29 is 27.5 Å². The SMILES string of the molecule is CC(C(=O)N1CCC2(CCN(C(=O)OC(C)(C)C)CC2c2ccccc2)CC1)c1ccccc1C(F)(F)F. The fraction of sp³-hybridized carbons (Fsp3) is 0.533. The van der Waals surface area contributed by atoms with Crippen LogP contribution in [0.1, 0.15) is 75.5 Å². The van der Waals surface area contributed by atoms with Crippen molar-refractivity contribution in [2.45, 2.75) is 70.6 Å². The van der Waals surface area contributed by atoms with E-state index >= 15 is 0 Å². The molecule has 2 aliphatic heterocycles. The van der Waals surface area contributed by atoms with Gasteiger partial charge >= 0.3 is 12.3 Å². The summed E-state index contributed by atoms with van der Waals surface area (Å²) in [6.45, 7) is 9.18. The van der Waals surface area contributed by atoms with Crippen LogP contribution in [0.3, 0.4) is 0 Å². The molecule has 0 bridgehead atoms. The molecule has 5 nitrogen and oxygen atoms in total. The van der Waals surface area contributed by atoms with E-state index in [1.54, 1.807) is 22.8 Å². The van der Waals surface area contributed by atoms with Crippen molar-refractivity contribution in [1.29, 1.82) is 0 Å². The molecule has 2 heterocycles. The van der Waals surface area contributed by atoms with Crippen LogP contribution in [0.2, 0.25) is 0 Å². The summed E-state index contributed by atoms with van der Waals surface area (Å²) >= 11 is 0. The van der Waals surface area contributed by atoms with E-state index in [4.69, 9.17) is 4.74 Å². The minimum atomic E-state index is -4.51. The minimum Gasteiger partial charge on any atom is -0.444 e. The number of carbonyl (C=O) groups excluding carboxylic acids is 2. The third-order valence-corrected chi connectivity index (χ3v) is 8.05. The normalized spacial score (nSPS) is 20.8. The highest BCUT2D eigenvalue weighted by molar-refractivity contribution is 5.84. The second-order valence-corrected chi connectivity index (χ2v) is 11.6. The lowest BCUT2D eigenvalue weighted by Gasteiger charge is -2.52. The summed E-state index contributed by atoms with van der Waals surface area (Å²) in [4.78, 5) is 29.7. The van der Waals surface area contributed by atoms with Gasteiger partial charge in [0, 0.05) is 32.1 Å². The van der Waals surface area contributed by atoms with Gasteiger partial charge in [0.2, 0.25) is 5.91 Å². The number of benzene rings is 2. The first-order chi connectivity index (χ1) is 17.8. The van der Waals surface area contributed by atoms with Crippen molar-refractivity contribution in [3.8, 4) is 0 Å². The van der Waals surface area contributed by atoms with Crippen LogP contribution in [0.5, 0.6) is 0 Å². The minimum absolute atomic E-state index is 0.0121. The number of piperidine rings is 2. The van der Waals surface area contributed by atoms with Gasteiger partial charge in [-0.05, 0) is 69.6 Å². The standard InChI is InChI=1S/C30H37F3N2O3/c1-21(23-12-8-9-13-24(23)30(31,32)33)26(36)34-17-14-29(15-18-34)16-19-35(27(37)38-28(2,3)4)20-25(29)22-10-6-5-7-11-22/h5-13,21,25H,14-20H2,1-4H3. The molecular weight excluding hydrogens is 493 g/mol. The fourth-order valence-electron chi connectivity index (χ4n) is 5.98. The molecule has 2 unspecified atom stereocenters. The van der Waals surface area contributed by atoms with Gasteiger partial charge in [0.1, 0.15) is 5.60 Å². The molecule has 2 aromatic carbocycles. The number of ether oxygens (including phenoxy) is 1. The van der Waals surface area contributed by atoms with Gasteiger partial charge in [-0.25, -0.2) is 4.79 Å². The predicted molar refractivity (Wildman–Crippen MR) is 140 cm³/mol. The summed E-state index contributed by atoms with van der Waals surface area (Å²) in [5, 5.41) is 0. The smallest absolute Gasteiger partial charge is 0.416 e. The van der Waals surface area contributed by atoms with Crippen molar-refractivity contribution in [3.63, 3.8) is 0 Å². The first-order valence-corrected chi connectivity index (χ1v) is 13.3. The quantitative estimate of drug-likeness (QED) is 0.437. The lowest BCUT2D eigenvalue weighted by molar-refractivity contribution is -0.140. The number of halogens is 3. The van der Waals surface area contributed by atoms with E-state index in [-0.39, 0.29) is 28.9 Å². The third kappa shape index (κ3) is 6.00. The molecule has 2 fully saturated rings. The van der Waals surface area contributed by atoms with Crippen LogP contribution in [0.4, 0.5) is 18.0 Å². The monoisotopic (exact) mass is 530 g/mol. The van der Waals surface area contributed by atoms with Gasteiger partial charge in [0.25, 0.3) is 0 Å². The largest absolute Gasteiger partial charge is 0.444 e. The van der Waals surface area contributed by atoms with Gasteiger partial charge in [-0.3, -0.25) is 4.79 Å². The Bertz CT molecular complexity index is 1140. The van der Waals surface area contributed by atoms with Crippen LogP contribution in [-0.4, -0.2) is 53.6 Å². The maximum Gasteiger partial charge on any atom is 0.416 e. The van der Waals surface area contributed by atoms with E-state index in [9.17, 15) is 22.8 Å². The zero-order valence-electron chi connectivity index (χ0n) is 22.6. The van der Waals surface area contributed by atoms with Crippen molar-refractivity contribution in [2.75, 3.05) is 26.2 Å². The number of carbonyl (C=O) groups is 2. The maximum atomic E-state index is 13.6. The van der Waals surface area contributed by atoms with Crippen LogP contribution in [-0.2, 0) is 15.7 Å². The molecule has 8 heteroatoms. The van der Waals surface area contributed by atoms with E-state index in [1.807, 2.05) is 39.0 Å². The molecule has 2 atom stereocenters. The van der Waals surface area contributed by atoms with E-state index in [0.717, 1.165) is 30.9 Å². The summed E-state index contributed by atoms with van der Waals surface area (Å²) in [7, 11) is 0. The Labute approximate surface area is 222 Å². The number of likely N-dealkylation sites (tertiary alicyclic amines) is 2. The second kappa shape index (κ2) is 10.6. The first-order valence-electron chi connectivity index (χ1n) is 13.3. The molecule has 0 saturated carbocycles. The average Bonchev–Trinajstić information content (AvgIpc) is 2.87. The van der Waals surface area contributed by atoms with Gasteiger partial charge in [-0.2, -0.15) is 13.2 Å². The Kier molecular flexibility index (Phi) is 7.82. The molecule has 0 radical (unpaired) electrons. The van der Waals surface area contributed by atoms with E-state index in [0.29, 0.717) is 26.2 Å². The van der Waals surface area contributed by atoms with Gasteiger partial charge < -0.3 is 14.5 Å². The number of rotatable bonds is 3. The third-order valence-electron chi connectivity index (χ3n) is 8.05. The van der Waals surface area contributed by atoms with E-state index in [1.165, 1.54) is 12.1 Å². The summed E-state index contributed by atoms with van der Waals surface area (Å²) in [5.74, 6) is -1.09. The zero-order valence-corrected chi connectivity index (χ0v) is 22.6. The lowest BCUT2D eigenvalue weighted by atomic mass is 9.62. The average molecular weight is 531 g/mol. The number of amides is 2. The second-order valence-electron chi connectivity index (χ2n) is 11.6. The Hall–Kier alpha value is -3.03. The van der Waals surface area contributed by atoms with Gasteiger partial charge in [0.15, 0.2) is 0 Å². The van der Waals surface area contributed by atoms with E-state index < -0.39 is 23.3 Å².